The van der Waals surface area contributed by atoms with Gasteiger partial charge in [-0.2, -0.15) is 11.8 Å². The number of hydrogen-bond donors (Lipinski definition) is 2. The van der Waals surface area contributed by atoms with E-state index in [2.05, 4.69) is 13.5 Å². The number of aliphatic hydroxyl groups is 2. The first-order valence-corrected chi connectivity index (χ1v) is 10.4. The molecule has 0 saturated heterocycles. The Morgan fingerprint density at radius 3 is 2.00 bits per heavy atom. The molecule has 1 aliphatic rings. The molecule has 0 bridgehead atoms. The van der Waals surface area contributed by atoms with Gasteiger partial charge >= 0.3 is 0 Å². The lowest BCUT2D eigenvalue weighted by atomic mass is 10.1. The van der Waals surface area contributed by atoms with Crippen LogP contribution in [0, 0.1) is 5.92 Å². The summed E-state index contributed by atoms with van der Waals surface area (Å²) in [5.74, 6) is 2.34. The van der Waals surface area contributed by atoms with Crippen molar-refractivity contribution in [3.8, 4) is 0 Å². The van der Waals surface area contributed by atoms with E-state index in [9.17, 15) is 10.2 Å². The molecule has 3 atom stereocenters. The number of hydrogen-bond acceptors (Lipinski definition) is 3. The lowest BCUT2D eigenvalue weighted by molar-refractivity contribution is 0.0378. The molecule has 0 radical (unpaired) electrons. The van der Waals surface area contributed by atoms with Gasteiger partial charge < -0.3 is 10.2 Å². The van der Waals surface area contributed by atoms with Crippen LogP contribution in [0.15, 0.2) is 12.2 Å². The Morgan fingerprint density at radius 1 is 0.955 bits per heavy atom. The monoisotopic (exact) mass is 328 g/mol. The van der Waals surface area contributed by atoms with Gasteiger partial charge in [0.25, 0.3) is 0 Å². The van der Waals surface area contributed by atoms with E-state index in [4.69, 9.17) is 0 Å². The minimum atomic E-state index is -0.692. The maximum Gasteiger partial charge on any atom is 0.101 e. The van der Waals surface area contributed by atoms with E-state index in [-0.39, 0.29) is 5.92 Å². The Kier molecular flexibility index (Phi) is 11.3. The van der Waals surface area contributed by atoms with Crippen molar-refractivity contribution < 1.29 is 10.2 Å². The van der Waals surface area contributed by atoms with Gasteiger partial charge in [-0.3, -0.25) is 0 Å². The van der Waals surface area contributed by atoms with Crippen LogP contribution in [0.1, 0.15) is 77.6 Å². The standard InChI is InChI=1S/C19H36O2S/c1-3-4-5-6-7-8-9-10-11-12-13-22-15-17-14-16(2)18(20)19(17)21/h17-21H,2-15H2,1H3/t17-,18?,19?/m1/s1. The van der Waals surface area contributed by atoms with E-state index in [1.54, 1.807) is 0 Å². The predicted molar refractivity (Wildman–Crippen MR) is 98.4 cm³/mol. The fourth-order valence-corrected chi connectivity index (χ4v) is 4.35. The van der Waals surface area contributed by atoms with E-state index in [1.807, 2.05) is 11.8 Å². The number of thioether (sulfide) groups is 1. The number of unbranched alkanes of at least 4 members (excludes halogenated alkanes) is 9. The zero-order valence-electron chi connectivity index (χ0n) is 14.4. The lowest BCUT2D eigenvalue weighted by Crippen LogP contribution is -2.26. The fraction of sp³-hybridized carbons (Fsp3) is 0.895. The summed E-state index contributed by atoms with van der Waals surface area (Å²) in [5, 5.41) is 19.5. The van der Waals surface area contributed by atoms with Crippen LogP contribution in [-0.2, 0) is 0 Å². The van der Waals surface area contributed by atoms with Crippen molar-refractivity contribution in [3.05, 3.63) is 12.2 Å². The van der Waals surface area contributed by atoms with Gasteiger partial charge in [0, 0.05) is 5.92 Å². The molecule has 0 amide bonds. The third-order valence-corrected chi connectivity index (χ3v) is 5.96. The fourth-order valence-electron chi connectivity index (χ4n) is 3.16. The highest BCUT2D eigenvalue weighted by atomic mass is 32.2. The normalized spacial score (nSPS) is 25.0. The molecular formula is C19H36O2S. The zero-order valence-corrected chi connectivity index (χ0v) is 15.3. The summed E-state index contributed by atoms with van der Waals surface area (Å²) < 4.78 is 0. The van der Waals surface area contributed by atoms with E-state index >= 15 is 0 Å². The van der Waals surface area contributed by atoms with Gasteiger partial charge in [0.1, 0.15) is 6.10 Å². The van der Waals surface area contributed by atoms with Gasteiger partial charge in [-0.25, -0.2) is 0 Å². The molecule has 1 aliphatic carbocycles. The van der Waals surface area contributed by atoms with Crippen molar-refractivity contribution >= 4 is 11.8 Å². The molecule has 2 N–H and O–H groups in total. The summed E-state index contributed by atoms with van der Waals surface area (Å²) >= 11 is 1.92. The molecule has 0 aliphatic heterocycles. The lowest BCUT2D eigenvalue weighted by Gasteiger charge is -2.15. The highest BCUT2D eigenvalue weighted by molar-refractivity contribution is 7.99. The summed E-state index contributed by atoms with van der Waals surface area (Å²) in [7, 11) is 0. The minimum Gasteiger partial charge on any atom is -0.390 e. The van der Waals surface area contributed by atoms with E-state index in [0.717, 1.165) is 17.7 Å². The molecule has 3 heteroatoms. The van der Waals surface area contributed by atoms with Crippen LogP contribution in [-0.4, -0.2) is 33.9 Å². The van der Waals surface area contributed by atoms with E-state index < -0.39 is 12.2 Å². The topological polar surface area (TPSA) is 40.5 Å². The average molecular weight is 329 g/mol. The molecule has 0 heterocycles. The molecule has 130 valence electrons. The third-order valence-electron chi connectivity index (χ3n) is 4.72. The first kappa shape index (κ1) is 20.1. The van der Waals surface area contributed by atoms with Crippen LogP contribution in [0.5, 0.6) is 0 Å². The van der Waals surface area contributed by atoms with Crippen molar-refractivity contribution in [1.82, 2.24) is 0 Å². The van der Waals surface area contributed by atoms with Crippen molar-refractivity contribution in [2.45, 2.75) is 89.8 Å². The minimum absolute atomic E-state index is 0.204. The summed E-state index contributed by atoms with van der Waals surface area (Å²) in [6.07, 6.45) is 13.3. The van der Waals surface area contributed by atoms with E-state index in [1.165, 1.54) is 70.0 Å². The first-order chi connectivity index (χ1) is 10.7. The molecule has 0 aromatic carbocycles. The van der Waals surface area contributed by atoms with Crippen LogP contribution >= 0.6 is 11.8 Å². The predicted octanol–water partition coefficient (Wildman–Crippen LogP) is 4.94. The van der Waals surface area contributed by atoms with Gasteiger partial charge in [-0.15, -0.1) is 0 Å². The van der Waals surface area contributed by atoms with Crippen LogP contribution < -0.4 is 0 Å². The highest BCUT2D eigenvalue weighted by Gasteiger charge is 2.35. The molecule has 2 nitrogen and oxygen atoms in total. The Morgan fingerprint density at radius 2 is 1.50 bits per heavy atom. The quantitative estimate of drug-likeness (QED) is 0.372. The largest absolute Gasteiger partial charge is 0.390 e. The number of rotatable bonds is 13. The molecular weight excluding hydrogens is 292 g/mol. The summed E-state index contributed by atoms with van der Waals surface area (Å²) in [6.45, 7) is 6.09. The maximum atomic E-state index is 9.88. The summed E-state index contributed by atoms with van der Waals surface area (Å²) in [5.41, 5.74) is 0.803. The van der Waals surface area contributed by atoms with Crippen LogP contribution in [0.3, 0.4) is 0 Å². The molecule has 22 heavy (non-hydrogen) atoms. The molecule has 1 saturated carbocycles. The van der Waals surface area contributed by atoms with Gasteiger partial charge in [0.2, 0.25) is 0 Å². The second kappa shape index (κ2) is 12.4. The van der Waals surface area contributed by atoms with Crippen molar-refractivity contribution in [2.75, 3.05) is 11.5 Å². The summed E-state index contributed by atoms with van der Waals surface area (Å²) in [6, 6.07) is 0. The third kappa shape index (κ3) is 8.03. The second-order valence-electron chi connectivity index (χ2n) is 6.81. The molecule has 0 spiro atoms. The van der Waals surface area contributed by atoms with Crippen molar-refractivity contribution in [1.29, 1.82) is 0 Å². The Balaban J connectivity index is 1.83. The molecule has 0 aromatic rings. The zero-order chi connectivity index (χ0) is 16.2. The first-order valence-electron chi connectivity index (χ1n) is 9.28. The smallest absolute Gasteiger partial charge is 0.101 e. The van der Waals surface area contributed by atoms with Crippen LogP contribution in [0.25, 0.3) is 0 Å². The Bertz CT molecular complexity index is 293. The van der Waals surface area contributed by atoms with Gasteiger partial charge in [0.05, 0.1) is 6.10 Å². The Hall–Kier alpha value is 0.01000. The van der Waals surface area contributed by atoms with Crippen molar-refractivity contribution in [2.24, 2.45) is 5.92 Å². The molecule has 2 unspecified atom stereocenters. The molecule has 1 rings (SSSR count). The maximum absolute atomic E-state index is 9.88. The van der Waals surface area contributed by atoms with Crippen molar-refractivity contribution in [3.63, 3.8) is 0 Å². The summed E-state index contributed by atoms with van der Waals surface area (Å²) in [4.78, 5) is 0. The Labute approximate surface area is 141 Å². The van der Waals surface area contributed by atoms with Gasteiger partial charge in [0.15, 0.2) is 0 Å². The second-order valence-corrected chi connectivity index (χ2v) is 7.96. The van der Waals surface area contributed by atoms with Gasteiger partial charge in [-0.05, 0) is 29.9 Å². The van der Waals surface area contributed by atoms with E-state index in [0.29, 0.717) is 0 Å². The SMILES string of the molecule is C=C1C[C@H](CSCCCCCCCCCCCC)C(O)C1O. The molecule has 1 fully saturated rings. The number of aliphatic hydroxyl groups excluding tert-OH is 2. The highest BCUT2D eigenvalue weighted by Crippen LogP contribution is 2.32. The van der Waals surface area contributed by atoms with Gasteiger partial charge in [-0.1, -0.05) is 71.3 Å². The average Bonchev–Trinajstić information content (AvgIpc) is 2.75. The van der Waals surface area contributed by atoms with Crippen LogP contribution in [0.4, 0.5) is 0 Å². The van der Waals surface area contributed by atoms with Crippen LogP contribution in [0.2, 0.25) is 0 Å². The molecule has 0 aromatic heterocycles.